The lowest BCUT2D eigenvalue weighted by atomic mass is 10.1. The normalized spacial score (nSPS) is 10.3. The number of ether oxygens (including phenoxy) is 1. The molecule has 0 atom stereocenters. The van der Waals surface area contributed by atoms with E-state index in [-0.39, 0.29) is 0 Å². The van der Waals surface area contributed by atoms with Gasteiger partial charge in [0.05, 0.1) is 0 Å². The van der Waals surface area contributed by atoms with Crippen molar-refractivity contribution < 1.29 is 14.3 Å². The second-order valence-corrected chi connectivity index (χ2v) is 5.23. The van der Waals surface area contributed by atoms with Gasteiger partial charge in [-0.3, -0.25) is 9.59 Å². The zero-order valence-electron chi connectivity index (χ0n) is 14.4. The Morgan fingerprint density at radius 1 is 1.17 bits per heavy atom. The first-order valence-electron chi connectivity index (χ1n) is 7.97. The predicted octanol–water partition coefficient (Wildman–Crippen LogP) is 1.93. The van der Waals surface area contributed by atoms with E-state index in [0.29, 0.717) is 25.3 Å². The summed E-state index contributed by atoms with van der Waals surface area (Å²) in [5.41, 5.74) is 2.68. The quantitative estimate of drug-likeness (QED) is 0.567. The van der Waals surface area contributed by atoms with Gasteiger partial charge in [0.15, 0.2) is 0 Å². The summed E-state index contributed by atoms with van der Waals surface area (Å²) in [5.74, 6) is -1.28. The van der Waals surface area contributed by atoms with Crippen LogP contribution in [0.4, 0.5) is 11.4 Å². The van der Waals surface area contributed by atoms with E-state index in [0.717, 1.165) is 24.3 Å². The molecule has 0 bridgehead atoms. The summed E-state index contributed by atoms with van der Waals surface area (Å²) >= 11 is 0. The van der Waals surface area contributed by atoms with Crippen molar-refractivity contribution in [3.63, 3.8) is 0 Å². The fourth-order valence-electron chi connectivity index (χ4n) is 2.25. The zero-order valence-corrected chi connectivity index (χ0v) is 14.4. The van der Waals surface area contributed by atoms with Gasteiger partial charge in [-0.1, -0.05) is 0 Å². The molecule has 0 heterocycles. The Bertz CT molecular complexity index is 528. The third kappa shape index (κ3) is 5.90. The highest BCUT2D eigenvalue weighted by atomic mass is 16.5. The molecular weight excluding hydrogens is 294 g/mol. The molecule has 0 spiro atoms. The number of aryl methyl sites for hydroxylation is 1. The van der Waals surface area contributed by atoms with Gasteiger partial charge in [0.1, 0.15) is 0 Å². The maximum absolute atomic E-state index is 11.9. The Labute approximate surface area is 138 Å². The smallest absolute Gasteiger partial charge is 0.313 e. The molecule has 1 rings (SSSR count). The molecule has 2 amide bonds. The number of hydrogen-bond acceptors (Lipinski definition) is 4. The van der Waals surface area contributed by atoms with Crippen LogP contribution in [-0.2, 0) is 14.3 Å². The minimum atomic E-state index is -0.652. The van der Waals surface area contributed by atoms with E-state index in [2.05, 4.69) is 29.4 Å². The molecule has 1 aromatic rings. The van der Waals surface area contributed by atoms with Gasteiger partial charge < -0.3 is 20.3 Å². The summed E-state index contributed by atoms with van der Waals surface area (Å²) in [5, 5.41) is 5.22. The number of methoxy groups -OCH3 is 1. The Kier molecular flexibility index (Phi) is 8.11. The van der Waals surface area contributed by atoms with Crippen LogP contribution < -0.4 is 15.5 Å². The number of hydrogen-bond donors (Lipinski definition) is 2. The summed E-state index contributed by atoms with van der Waals surface area (Å²) in [7, 11) is 1.60. The van der Waals surface area contributed by atoms with Crippen molar-refractivity contribution in [2.75, 3.05) is 43.6 Å². The van der Waals surface area contributed by atoms with Gasteiger partial charge in [-0.05, 0) is 51.0 Å². The first-order chi connectivity index (χ1) is 11.0. The van der Waals surface area contributed by atoms with E-state index in [1.807, 2.05) is 25.1 Å². The van der Waals surface area contributed by atoms with Gasteiger partial charge in [-0.25, -0.2) is 0 Å². The Morgan fingerprint density at radius 3 is 2.43 bits per heavy atom. The highest BCUT2D eigenvalue weighted by Crippen LogP contribution is 2.22. The van der Waals surface area contributed by atoms with E-state index in [1.165, 1.54) is 0 Å². The van der Waals surface area contributed by atoms with Crippen LogP contribution in [0.1, 0.15) is 25.8 Å². The Morgan fingerprint density at radius 2 is 1.87 bits per heavy atom. The van der Waals surface area contributed by atoms with Crippen LogP contribution in [0.2, 0.25) is 0 Å². The molecule has 128 valence electrons. The number of nitrogens with zero attached hydrogens (tertiary/aromatic N) is 1. The summed E-state index contributed by atoms with van der Waals surface area (Å²) < 4.78 is 4.89. The predicted molar refractivity (Wildman–Crippen MR) is 92.9 cm³/mol. The van der Waals surface area contributed by atoms with E-state index < -0.39 is 11.8 Å². The lowest BCUT2D eigenvalue weighted by Gasteiger charge is -2.22. The fraction of sp³-hybridized carbons (Fsp3) is 0.529. The first-order valence-corrected chi connectivity index (χ1v) is 7.97. The summed E-state index contributed by atoms with van der Waals surface area (Å²) in [6.45, 7) is 8.93. The molecule has 0 unspecified atom stereocenters. The molecule has 23 heavy (non-hydrogen) atoms. The van der Waals surface area contributed by atoms with Crippen molar-refractivity contribution in [2.45, 2.75) is 27.2 Å². The molecule has 0 aliphatic carbocycles. The van der Waals surface area contributed by atoms with Crippen LogP contribution in [0.25, 0.3) is 0 Å². The monoisotopic (exact) mass is 321 g/mol. The van der Waals surface area contributed by atoms with Gasteiger partial charge in [-0.15, -0.1) is 0 Å². The largest absolute Gasteiger partial charge is 0.385 e. The number of nitrogens with one attached hydrogen (secondary N) is 2. The van der Waals surface area contributed by atoms with E-state index in [9.17, 15) is 9.59 Å². The van der Waals surface area contributed by atoms with Crippen LogP contribution in [0.5, 0.6) is 0 Å². The highest BCUT2D eigenvalue weighted by molar-refractivity contribution is 6.39. The van der Waals surface area contributed by atoms with Gasteiger partial charge in [0.25, 0.3) is 0 Å². The number of benzene rings is 1. The summed E-state index contributed by atoms with van der Waals surface area (Å²) in [6, 6.07) is 5.80. The molecule has 0 fully saturated rings. The van der Waals surface area contributed by atoms with Crippen LogP contribution in [0.3, 0.4) is 0 Å². The molecule has 0 saturated carbocycles. The maximum atomic E-state index is 11.9. The minimum absolute atomic E-state index is 0.417. The number of carbonyl (C=O) groups is 2. The Balaban J connectivity index is 2.62. The van der Waals surface area contributed by atoms with Crippen LogP contribution in [0.15, 0.2) is 18.2 Å². The van der Waals surface area contributed by atoms with Crippen LogP contribution in [0, 0.1) is 6.92 Å². The molecule has 0 aliphatic rings. The molecule has 6 nitrogen and oxygen atoms in total. The molecule has 0 saturated heterocycles. The van der Waals surface area contributed by atoms with Crippen molar-refractivity contribution in [3.05, 3.63) is 23.8 Å². The van der Waals surface area contributed by atoms with Gasteiger partial charge in [0.2, 0.25) is 0 Å². The molecular formula is C17H27N3O3. The third-order valence-electron chi connectivity index (χ3n) is 3.60. The van der Waals surface area contributed by atoms with E-state index >= 15 is 0 Å². The number of carbonyl (C=O) groups excluding carboxylic acids is 2. The van der Waals surface area contributed by atoms with Gasteiger partial charge in [0, 0.05) is 44.7 Å². The van der Waals surface area contributed by atoms with Gasteiger partial charge >= 0.3 is 11.8 Å². The van der Waals surface area contributed by atoms with Crippen molar-refractivity contribution >= 4 is 23.2 Å². The molecule has 6 heteroatoms. The van der Waals surface area contributed by atoms with Crippen LogP contribution in [-0.4, -0.2) is 45.2 Å². The number of amides is 2. The summed E-state index contributed by atoms with van der Waals surface area (Å²) in [6.07, 6.45) is 0.674. The minimum Gasteiger partial charge on any atom is -0.385 e. The lowest BCUT2D eigenvalue weighted by molar-refractivity contribution is -0.136. The van der Waals surface area contributed by atoms with Crippen molar-refractivity contribution in [2.24, 2.45) is 0 Å². The average molecular weight is 321 g/mol. The third-order valence-corrected chi connectivity index (χ3v) is 3.60. The van der Waals surface area contributed by atoms with Gasteiger partial charge in [-0.2, -0.15) is 0 Å². The highest BCUT2D eigenvalue weighted by Gasteiger charge is 2.14. The molecule has 0 aliphatic heterocycles. The second kappa shape index (κ2) is 9.84. The maximum Gasteiger partial charge on any atom is 0.313 e. The zero-order chi connectivity index (χ0) is 17.2. The fourth-order valence-corrected chi connectivity index (χ4v) is 2.25. The summed E-state index contributed by atoms with van der Waals surface area (Å²) in [4.78, 5) is 25.8. The van der Waals surface area contributed by atoms with Crippen molar-refractivity contribution in [1.82, 2.24) is 5.32 Å². The SMILES string of the molecule is CCN(CC)c1ccc(NC(=O)C(=O)NCCCOC)c(C)c1. The second-order valence-electron chi connectivity index (χ2n) is 5.23. The molecule has 2 N–H and O–H groups in total. The van der Waals surface area contributed by atoms with E-state index in [1.54, 1.807) is 7.11 Å². The molecule has 0 radical (unpaired) electrons. The lowest BCUT2D eigenvalue weighted by Crippen LogP contribution is -2.36. The number of rotatable bonds is 8. The van der Waals surface area contributed by atoms with Crippen LogP contribution >= 0.6 is 0 Å². The standard InChI is InChI=1S/C17H27N3O3/c1-5-20(6-2)14-8-9-15(13(3)12-14)19-17(22)16(21)18-10-7-11-23-4/h8-9,12H,5-7,10-11H2,1-4H3,(H,18,21)(H,19,22). The molecule has 1 aromatic carbocycles. The Hall–Kier alpha value is -2.08. The van der Waals surface area contributed by atoms with E-state index in [4.69, 9.17) is 4.74 Å². The van der Waals surface area contributed by atoms with Crippen molar-refractivity contribution in [1.29, 1.82) is 0 Å². The average Bonchev–Trinajstić information content (AvgIpc) is 2.54. The number of anilines is 2. The molecule has 0 aromatic heterocycles. The first kappa shape index (κ1) is 19.0. The van der Waals surface area contributed by atoms with Crippen molar-refractivity contribution in [3.8, 4) is 0 Å². The topological polar surface area (TPSA) is 70.7 Å².